The van der Waals surface area contributed by atoms with Gasteiger partial charge < -0.3 is 14.4 Å². The molecule has 0 saturated carbocycles. The van der Waals surface area contributed by atoms with E-state index in [0.717, 1.165) is 33.4 Å². The molecule has 0 aliphatic rings. The fourth-order valence-corrected chi connectivity index (χ4v) is 3.60. The van der Waals surface area contributed by atoms with Gasteiger partial charge in [0.05, 0.1) is 12.0 Å². The van der Waals surface area contributed by atoms with Crippen molar-refractivity contribution in [2.75, 3.05) is 20.8 Å². The molecule has 0 N–H and O–H groups in total. The number of esters is 1. The van der Waals surface area contributed by atoms with Crippen LogP contribution in [0.1, 0.15) is 31.8 Å². The Morgan fingerprint density at radius 3 is 2.34 bits per heavy atom. The number of methoxy groups -OCH3 is 1. The summed E-state index contributed by atoms with van der Waals surface area (Å²) in [5, 5.41) is 2.10. The van der Waals surface area contributed by atoms with E-state index in [9.17, 15) is 14.4 Å². The lowest BCUT2D eigenvalue weighted by Gasteiger charge is -2.17. The van der Waals surface area contributed by atoms with Gasteiger partial charge in [-0.05, 0) is 53.6 Å². The Morgan fingerprint density at radius 2 is 1.66 bits per heavy atom. The van der Waals surface area contributed by atoms with Gasteiger partial charge in [0, 0.05) is 13.6 Å². The fraction of sp³-hybridized carbons (Fsp3) is 0.227. The first-order valence-corrected chi connectivity index (χ1v) is 9.77. The third-order valence-corrected chi connectivity index (χ3v) is 5.60. The van der Waals surface area contributed by atoms with E-state index in [-0.39, 0.29) is 18.3 Å². The molecule has 150 valence electrons. The SMILES string of the molecule is COc1ccc2cc(CN(C)C(=O)COC(=O)c3ccc(C(C)=O)s3)ccc2c1. The highest BCUT2D eigenvalue weighted by atomic mass is 32.1. The Hall–Kier alpha value is -3.19. The van der Waals surface area contributed by atoms with Gasteiger partial charge in [-0.2, -0.15) is 0 Å². The van der Waals surface area contributed by atoms with Gasteiger partial charge in [-0.15, -0.1) is 11.3 Å². The van der Waals surface area contributed by atoms with E-state index in [2.05, 4.69) is 0 Å². The Morgan fingerprint density at radius 1 is 0.966 bits per heavy atom. The van der Waals surface area contributed by atoms with Crippen LogP contribution in [0.15, 0.2) is 48.5 Å². The number of ketones is 1. The Labute approximate surface area is 172 Å². The molecule has 1 amide bonds. The van der Waals surface area contributed by atoms with Gasteiger partial charge in [-0.25, -0.2) is 4.79 Å². The number of carbonyl (C=O) groups excluding carboxylic acids is 3. The highest BCUT2D eigenvalue weighted by molar-refractivity contribution is 7.15. The molecule has 29 heavy (non-hydrogen) atoms. The van der Waals surface area contributed by atoms with E-state index < -0.39 is 5.97 Å². The molecule has 0 unspecified atom stereocenters. The number of rotatable bonds is 7. The number of benzene rings is 2. The van der Waals surface area contributed by atoms with Crippen molar-refractivity contribution in [2.24, 2.45) is 0 Å². The summed E-state index contributed by atoms with van der Waals surface area (Å²) in [4.78, 5) is 38.0. The predicted octanol–water partition coefficient (Wildman–Crippen LogP) is 3.93. The normalized spacial score (nSPS) is 10.6. The predicted molar refractivity (Wildman–Crippen MR) is 112 cm³/mol. The fourth-order valence-electron chi connectivity index (χ4n) is 2.81. The quantitative estimate of drug-likeness (QED) is 0.435. The highest BCUT2D eigenvalue weighted by Gasteiger charge is 2.16. The monoisotopic (exact) mass is 411 g/mol. The van der Waals surface area contributed by atoms with E-state index >= 15 is 0 Å². The number of thiophene rings is 1. The summed E-state index contributed by atoms with van der Waals surface area (Å²) in [5.41, 5.74) is 0.967. The first-order valence-electron chi connectivity index (χ1n) is 8.96. The van der Waals surface area contributed by atoms with Crippen molar-refractivity contribution < 1.29 is 23.9 Å². The maximum atomic E-state index is 12.3. The number of ether oxygens (including phenoxy) is 2. The van der Waals surface area contributed by atoms with Crippen molar-refractivity contribution in [2.45, 2.75) is 13.5 Å². The number of fused-ring (bicyclic) bond motifs is 1. The van der Waals surface area contributed by atoms with Crippen LogP contribution in [-0.2, 0) is 16.1 Å². The molecule has 7 heteroatoms. The molecule has 0 aliphatic carbocycles. The maximum Gasteiger partial charge on any atom is 0.348 e. The molecule has 1 heterocycles. The molecule has 0 fully saturated rings. The molecule has 2 aromatic carbocycles. The molecular formula is C22H21NO5S. The van der Waals surface area contributed by atoms with Crippen molar-refractivity contribution in [3.05, 3.63) is 63.8 Å². The van der Waals surface area contributed by atoms with Crippen molar-refractivity contribution >= 4 is 39.8 Å². The number of Topliss-reactive ketones (excluding diaryl/α,β-unsaturated/α-hetero) is 1. The van der Waals surface area contributed by atoms with Crippen LogP contribution < -0.4 is 4.74 Å². The van der Waals surface area contributed by atoms with Crippen molar-refractivity contribution in [3.63, 3.8) is 0 Å². The van der Waals surface area contributed by atoms with Crippen LogP contribution in [0, 0.1) is 0 Å². The zero-order chi connectivity index (χ0) is 21.0. The molecule has 3 aromatic rings. The van der Waals surface area contributed by atoms with Crippen LogP contribution in [0.3, 0.4) is 0 Å². The maximum absolute atomic E-state index is 12.3. The minimum Gasteiger partial charge on any atom is -0.497 e. The topological polar surface area (TPSA) is 72.9 Å². The highest BCUT2D eigenvalue weighted by Crippen LogP contribution is 2.22. The number of hydrogen-bond donors (Lipinski definition) is 0. The smallest absolute Gasteiger partial charge is 0.348 e. The van der Waals surface area contributed by atoms with Crippen molar-refractivity contribution in [3.8, 4) is 5.75 Å². The van der Waals surface area contributed by atoms with Gasteiger partial charge in [0.1, 0.15) is 10.6 Å². The Kier molecular flexibility index (Phi) is 6.29. The lowest BCUT2D eigenvalue weighted by molar-refractivity contribution is -0.133. The molecule has 0 radical (unpaired) electrons. The summed E-state index contributed by atoms with van der Waals surface area (Å²) in [6, 6.07) is 14.9. The lowest BCUT2D eigenvalue weighted by atomic mass is 10.1. The van der Waals surface area contributed by atoms with E-state index in [1.807, 2.05) is 36.4 Å². The zero-order valence-electron chi connectivity index (χ0n) is 16.4. The second-order valence-corrected chi connectivity index (χ2v) is 7.68. The van der Waals surface area contributed by atoms with Crippen LogP contribution >= 0.6 is 11.3 Å². The summed E-state index contributed by atoms with van der Waals surface area (Å²) >= 11 is 1.06. The molecular weight excluding hydrogens is 390 g/mol. The lowest BCUT2D eigenvalue weighted by Crippen LogP contribution is -2.30. The van der Waals surface area contributed by atoms with Crippen LogP contribution in [0.5, 0.6) is 5.75 Å². The molecule has 0 aliphatic heterocycles. The van der Waals surface area contributed by atoms with E-state index in [1.165, 1.54) is 17.9 Å². The van der Waals surface area contributed by atoms with Gasteiger partial charge in [0.15, 0.2) is 12.4 Å². The summed E-state index contributed by atoms with van der Waals surface area (Å²) < 4.78 is 10.3. The summed E-state index contributed by atoms with van der Waals surface area (Å²) in [5.74, 6) is -0.236. The number of nitrogens with zero attached hydrogens (tertiary/aromatic N) is 1. The molecule has 0 bridgehead atoms. The molecule has 3 rings (SSSR count). The standard InChI is InChI=1S/C22H21NO5S/c1-14(24)19-8-9-20(29-19)22(26)28-13-21(25)23(2)12-15-4-5-17-11-18(27-3)7-6-16(17)10-15/h4-11H,12-13H2,1-3H3. The third kappa shape index (κ3) is 5.00. The molecule has 6 nitrogen and oxygen atoms in total. The van der Waals surface area contributed by atoms with Crippen molar-refractivity contribution in [1.29, 1.82) is 0 Å². The largest absolute Gasteiger partial charge is 0.497 e. The Bertz CT molecular complexity index is 1070. The number of likely N-dealkylation sites (N-methyl/N-ethyl adjacent to an activating group) is 1. The number of hydrogen-bond acceptors (Lipinski definition) is 6. The molecule has 0 atom stereocenters. The van der Waals surface area contributed by atoms with Crippen LogP contribution in [-0.4, -0.2) is 43.3 Å². The van der Waals surface area contributed by atoms with E-state index in [1.54, 1.807) is 20.2 Å². The van der Waals surface area contributed by atoms with Gasteiger partial charge in [0.2, 0.25) is 0 Å². The average Bonchev–Trinajstić information content (AvgIpc) is 3.22. The first kappa shape index (κ1) is 20.5. The molecule has 0 saturated heterocycles. The summed E-state index contributed by atoms with van der Waals surface area (Å²) in [6.07, 6.45) is 0. The van der Waals surface area contributed by atoms with Crippen LogP contribution in [0.2, 0.25) is 0 Å². The van der Waals surface area contributed by atoms with Gasteiger partial charge in [-0.3, -0.25) is 9.59 Å². The van der Waals surface area contributed by atoms with E-state index in [0.29, 0.717) is 16.3 Å². The second-order valence-electron chi connectivity index (χ2n) is 6.59. The molecule has 0 spiro atoms. The van der Waals surface area contributed by atoms with Gasteiger partial charge in [0.25, 0.3) is 5.91 Å². The Balaban J connectivity index is 1.57. The van der Waals surface area contributed by atoms with Crippen LogP contribution in [0.25, 0.3) is 10.8 Å². The third-order valence-electron chi connectivity index (χ3n) is 4.44. The summed E-state index contributed by atoms with van der Waals surface area (Å²) in [7, 11) is 3.29. The van der Waals surface area contributed by atoms with E-state index in [4.69, 9.17) is 9.47 Å². The van der Waals surface area contributed by atoms with Gasteiger partial charge in [-0.1, -0.05) is 18.2 Å². The van der Waals surface area contributed by atoms with Crippen molar-refractivity contribution in [1.82, 2.24) is 4.90 Å². The summed E-state index contributed by atoms with van der Waals surface area (Å²) in [6.45, 7) is 1.47. The molecule has 1 aromatic heterocycles. The minimum absolute atomic E-state index is 0.112. The van der Waals surface area contributed by atoms with Gasteiger partial charge >= 0.3 is 5.97 Å². The zero-order valence-corrected chi connectivity index (χ0v) is 17.2. The average molecular weight is 411 g/mol. The first-order chi connectivity index (χ1) is 13.9. The number of carbonyl (C=O) groups is 3. The number of amides is 1. The minimum atomic E-state index is -0.607. The van der Waals surface area contributed by atoms with Crippen LogP contribution in [0.4, 0.5) is 0 Å². The second kappa shape index (κ2) is 8.87.